The molecule has 4 rings (SSSR count). The molecule has 3 aromatic carbocycles. The largest absolute Gasteiger partial charge is 0.484 e. The molecule has 1 amide bonds. The van der Waals surface area contributed by atoms with E-state index in [-0.39, 0.29) is 17.8 Å². The Labute approximate surface area is 208 Å². The molecule has 4 aromatic rings. The van der Waals surface area contributed by atoms with Gasteiger partial charge >= 0.3 is 0 Å². The van der Waals surface area contributed by atoms with E-state index in [0.29, 0.717) is 28.3 Å². The Hall–Kier alpha value is -3.29. The van der Waals surface area contributed by atoms with Gasteiger partial charge in [0.2, 0.25) is 5.91 Å². The number of ether oxygens (including phenoxy) is 1. The van der Waals surface area contributed by atoms with Crippen molar-refractivity contribution in [2.75, 3.05) is 7.05 Å². The van der Waals surface area contributed by atoms with E-state index in [4.69, 9.17) is 16.3 Å². The van der Waals surface area contributed by atoms with Gasteiger partial charge in [-0.3, -0.25) is 9.36 Å². The van der Waals surface area contributed by atoms with Crippen LogP contribution in [0.5, 0.6) is 5.75 Å². The first-order valence-electron chi connectivity index (χ1n) is 10.9. The fourth-order valence-corrected chi connectivity index (χ4v) is 4.66. The molecule has 8 heteroatoms. The Morgan fingerprint density at radius 2 is 1.65 bits per heavy atom. The summed E-state index contributed by atoms with van der Waals surface area (Å²) >= 11 is 7.60. The van der Waals surface area contributed by atoms with Crippen LogP contribution >= 0.6 is 23.4 Å². The number of halogens is 1. The molecule has 0 aliphatic heterocycles. The summed E-state index contributed by atoms with van der Waals surface area (Å²) in [4.78, 5) is 14.8. The van der Waals surface area contributed by atoms with Crippen LogP contribution in [-0.2, 0) is 17.9 Å². The van der Waals surface area contributed by atoms with E-state index in [0.717, 1.165) is 11.3 Å². The van der Waals surface area contributed by atoms with E-state index in [9.17, 15) is 4.79 Å². The second-order valence-corrected chi connectivity index (χ2v) is 9.44. The second kappa shape index (κ2) is 11.2. The van der Waals surface area contributed by atoms with Gasteiger partial charge in [0.25, 0.3) is 0 Å². The third-order valence-corrected chi connectivity index (χ3v) is 6.52. The van der Waals surface area contributed by atoms with Crippen LogP contribution in [0.25, 0.3) is 5.69 Å². The summed E-state index contributed by atoms with van der Waals surface area (Å²) < 4.78 is 7.83. The Morgan fingerprint density at radius 1 is 1.00 bits per heavy atom. The third-order valence-electron chi connectivity index (χ3n) is 5.18. The zero-order valence-corrected chi connectivity index (χ0v) is 20.5. The molecule has 174 valence electrons. The molecule has 6 nitrogen and oxygen atoms in total. The maximum absolute atomic E-state index is 13.1. The van der Waals surface area contributed by atoms with Crippen LogP contribution in [-0.4, -0.2) is 37.9 Å². The van der Waals surface area contributed by atoms with Crippen LogP contribution in [0.1, 0.15) is 18.3 Å². The highest BCUT2D eigenvalue weighted by molar-refractivity contribution is 8.00. The molecular weight excluding hydrogens is 468 g/mol. The number of rotatable bonds is 9. The average Bonchev–Trinajstić information content (AvgIpc) is 3.26. The van der Waals surface area contributed by atoms with Gasteiger partial charge < -0.3 is 9.64 Å². The first kappa shape index (κ1) is 23.9. The first-order valence-corrected chi connectivity index (χ1v) is 12.1. The van der Waals surface area contributed by atoms with E-state index in [1.807, 2.05) is 97.4 Å². The Bertz CT molecular complexity index is 1230. The standard InChI is InChI=1S/C26H25ClN4O2S/c1-19(25(32)30(2)17-20-11-5-3-6-12-20)34-26-29-28-24(31(26)21-13-7-4-8-14-21)18-33-23-16-10-9-15-22(23)27/h3-16,19H,17-18H2,1-2H3. The smallest absolute Gasteiger partial charge is 0.235 e. The number of nitrogens with zero attached hydrogens (tertiary/aromatic N) is 4. The normalized spacial score (nSPS) is 11.7. The second-order valence-electron chi connectivity index (χ2n) is 7.73. The summed E-state index contributed by atoms with van der Waals surface area (Å²) in [6.45, 7) is 2.62. The molecule has 1 unspecified atom stereocenters. The van der Waals surface area contributed by atoms with Crippen molar-refractivity contribution in [1.82, 2.24) is 19.7 Å². The van der Waals surface area contributed by atoms with E-state index in [1.165, 1.54) is 11.8 Å². The summed E-state index contributed by atoms with van der Waals surface area (Å²) in [5.41, 5.74) is 1.98. The van der Waals surface area contributed by atoms with Crippen molar-refractivity contribution in [3.05, 3.63) is 101 Å². The summed E-state index contributed by atoms with van der Waals surface area (Å²) in [6.07, 6.45) is 0. The average molecular weight is 493 g/mol. The molecule has 1 heterocycles. The fraction of sp³-hybridized carbons (Fsp3) is 0.192. The molecule has 0 aliphatic carbocycles. The molecule has 0 fully saturated rings. The Kier molecular flexibility index (Phi) is 7.87. The summed E-state index contributed by atoms with van der Waals surface area (Å²) in [6, 6.07) is 27.0. The maximum Gasteiger partial charge on any atom is 0.235 e. The topological polar surface area (TPSA) is 60.3 Å². The number of amides is 1. The van der Waals surface area contributed by atoms with Gasteiger partial charge in [0, 0.05) is 19.3 Å². The van der Waals surface area contributed by atoms with Crippen LogP contribution in [0.4, 0.5) is 0 Å². The quantitative estimate of drug-likeness (QED) is 0.283. The van der Waals surface area contributed by atoms with Crippen LogP contribution in [0.3, 0.4) is 0 Å². The first-order chi connectivity index (χ1) is 16.5. The monoisotopic (exact) mass is 492 g/mol. The van der Waals surface area contributed by atoms with Crippen molar-refractivity contribution in [3.63, 3.8) is 0 Å². The van der Waals surface area contributed by atoms with E-state index >= 15 is 0 Å². The van der Waals surface area contributed by atoms with Gasteiger partial charge in [-0.25, -0.2) is 0 Å². The summed E-state index contributed by atoms with van der Waals surface area (Å²) in [7, 11) is 1.82. The molecule has 0 radical (unpaired) electrons. The Morgan fingerprint density at radius 3 is 2.35 bits per heavy atom. The minimum atomic E-state index is -0.349. The molecule has 1 atom stereocenters. The van der Waals surface area contributed by atoms with Crippen molar-refractivity contribution < 1.29 is 9.53 Å². The highest BCUT2D eigenvalue weighted by atomic mass is 35.5. The van der Waals surface area contributed by atoms with Gasteiger partial charge in [-0.2, -0.15) is 0 Å². The predicted octanol–water partition coefficient (Wildman–Crippen LogP) is 5.64. The van der Waals surface area contributed by atoms with E-state index < -0.39 is 0 Å². The summed E-state index contributed by atoms with van der Waals surface area (Å²) in [5.74, 6) is 1.21. The number of aromatic nitrogens is 3. The number of para-hydroxylation sites is 2. The van der Waals surface area contributed by atoms with Gasteiger partial charge in [0.1, 0.15) is 12.4 Å². The van der Waals surface area contributed by atoms with Gasteiger partial charge in [0.15, 0.2) is 11.0 Å². The minimum Gasteiger partial charge on any atom is -0.484 e. The van der Waals surface area contributed by atoms with Gasteiger partial charge in [-0.15, -0.1) is 10.2 Å². The molecule has 0 saturated carbocycles. The highest BCUT2D eigenvalue weighted by Crippen LogP contribution is 2.28. The molecule has 0 aliphatic rings. The fourth-order valence-electron chi connectivity index (χ4n) is 3.46. The van der Waals surface area contributed by atoms with Crippen LogP contribution in [0.15, 0.2) is 90.1 Å². The number of thioether (sulfide) groups is 1. The number of hydrogen-bond donors (Lipinski definition) is 0. The lowest BCUT2D eigenvalue weighted by Crippen LogP contribution is -2.33. The van der Waals surface area contributed by atoms with Gasteiger partial charge in [-0.1, -0.05) is 84.0 Å². The Balaban J connectivity index is 1.53. The lowest BCUT2D eigenvalue weighted by atomic mass is 10.2. The van der Waals surface area contributed by atoms with Crippen LogP contribution < -0.4 is 4.74 Å². The minimum absolute atomic E-state index is 0.0188. The number of carbonyl (C=O) groups is 1. The lowest BCUT2D eigenvalue weighted by Gasteiger charge is -2.21. The molecule has 0 spiro atoms. The zero-order chi connectivity index (χ0) is 23.9. The van der Waals surface area contributed by atoms with E-state index in [1.54, 1.807) is 11.0 Å². The van der Waals surface area contributed by atoms with Crippen molar-refractivity contribution >= 4 is 29.3 Å². The third kappa shape index (κ3) is 5.79. The molecule has 34 heavy (non-hydrogen) atoms. The molecular formula is C26H25ClN4O2S. The van der Waals surface area contributed by atoms with Crippen LogP contribution in [0, 0.1) is 0 Å². The predicted molar refractivity (Wildman–Crippen MR) is 135 cm³/mol. The molecule has 0 saturated heterocycles. The van der Waals surface area contributed by atoms with Crippen molar-refractivity contribution in [3.8, 4) is 11.4 Å². The SMILES string of the molecule is CC(Sc1nnc(COc2ccccc2Cl)n1-c1ccccc1)C(=O)N(C)Cc1ccccc1. The lowest BCUT2D eigenvalue weighted by molar-refractivity contribution is -0.129. The maximum atomic E-state index is 13.1. The van der Waals surface area contributed by atoms with Crippen molar-refractivity contribution in [1.29, 1.82) is 0 Å². The molecule has 0 bridgehead atoms. The molecule has 0 N–H and O–H groups in total. The zero-order valence-electron chi connectivity index (χ0n) is 19.0. The van der Waals surface area contributed by atoms with Crippen LogP contribution in [0.2, 0.25) is 5.02 Å². The number of carbonyl (C=O) groups excluding carboxylic acids is 1. The van der Waals surface area contributed by atoms with Gasteiger partial charge in [-0.05, 0) is 36.8 Å². The number of hydrogen-bond acceptors (Lipinski definition) is 5. The van der Waals surface area contributed by atoms with Gasteiger partial charge in [0.05, 0.1) is 10.3 Å². The highest BCUT2D eigenvalue weighted by Gasteiger charge is 2.24. The number of benzene rings is 3. The molecule has 1 aromatic heterocycles. The van der Waals surface area contributed by atoms with Crippen molar-refractivity contribution in [2.24, 2.45) is 0 Å². The van der Waals surface area contributed by atoms with Crippen molar-refractivity contribution in [2.45, 2.75) is 30.5 Å². The summed E-state index contributed by atoms with van der Waals surface area (Å²) in [5, 5.41) is 9.55. The van der Waals surface area contributed by atoms with E-state index in [2.05, 4.69) is 10.2 Å².